The van der Waals surface area contributed by atoms with Crippen LogP contribution in [0.1, 0.15) is 55.8 Å². The van der Waals surface area contributed by atoms with Crippen molar-refractivity contribution in [3.05, 3.63) is 45.6 Å². The molecule has 138 valence electrons. The lowest BCUT2D eigenvalue weighted by Crippen LogP contribution is -2.32. The first-order chi connectivity index (χ1) is 12.7. The number of fused-ring (bicyclic) bond motifs is 1. The van der Waals surface area contributed by atoms with Crippen LogP contribution in [-0.4, -0.2) is 22.6 Å². The number of anilines is 2. The number of aryl methyl sites for hydroxylation is 1. The Kier molecular flexibility index (Phi) is 5.44. The lowest BCUT2D eigenvalue weighted by molar-refractivity contribution is 0.460. The number of halogens is 1. The third-order valence-electron chi connectivity index (χ3n) is 5.57. The summed E-state index contributed by atoms with van der Waals surface area (Å²) in [6.07, 6.45) is 8.47. The number of nitrogens with one attached hydrogen (secondary N) is 1. The lowest BCUT2D eigenvalue weighted by atomic mass is 9.96. The van der Waals surface area contributed by atoms with Crippen LogP contribution >= 0.6 is 15.9 Å². The normalized spacial score (nSPS) is 17.8. The number of nitrogens with zero attached hydrogens (tertiary/aromatic N) is 3. The van der Waals surface area contributed by atoms with Crippen molar-refractivity contribution >= 4 is 27.7 Å². The van der Waals surface area contributed by atoms with Crippen LogP contribution in [0.15, 0.2) is 28.7 Å². The highest BCUT2D eigenvalue weighted by atomic mass is 79.9. The summed E-state index contributed by atoms with van der Waals surface area (Å²) >= 11 is 3.58. The quantitative estimate of drug-likeness (QED) is 0.754. The van der Waals surface area contributed by atoms with Crippen molar-refractivity contribution in [2.24, 2.45) is 0 Å². The molecule has 5 heteroatoms. The molecule has 0 saturated heterocycles. The van der Waals surface area contributed by atoms with Gasteiger partial charge in [-0.15, -0.1) is 0 Å². The Morgan fingerprint density at radius 3 is 2.77 bits per heavy atom. The molecular weight excluding hydrogens is 388 g/mol. The second-order valence-corrected chi connectivity index (χ2v) is 8.37. The van der Waals surface area contributed by atoms with Crippen molar-refractivity contribution in [1.29, 1.82) is 0 Å². The van der Waals surface area contributed by atoms with E-state index >= 15 is 0 Å². The smallest absolute Gasteiger partial charge is 0.225 e. The minimum Gasteiger partial charge on any atom is -0.352 e. The summed E-state index contributed by atoms with van der Waals surface area (Å²) in [4.78, 5) is 12.0. The van der Waals surface area contributed by atoms with Crippen LogP contribution in [0.3, 0.4) is 0 Å². The summed E-state index contributed by atoms with van der Waals surface area (Å²) in [6.45, 7) is 4.09. The third kappa shape index (κ3) is 4.03. The summed E-state index contributed by atoms with van der Waals surface area (Å²) in [6, 6.07) is 9.31. The molecule has 4 rings (SSSR count). The number of benzene rings is 1. The maximum atomic E-state index is 4.88. The van der Waals surface area contributed by atoms with E-state index in [1.165, 1.54) is 47.7 Å². The number of hydrogen-bond donors (Lipinski definition) is 1. The van der Waals surface area contributed by atoms with Gasteiger partial charge in [-0.3, -0.25) is 0 Å². The van der Waals surface area contributed by atoms with Crippen LogP contribution in [-0.2, 0) is 19.4 Å². The second-order valence-electron chi connectivity index (χ2n) is 7.46. The topological polar surface area (TPSA) is 41.1 Å². The Bertz CT molecular complexity index is 771. The third-order valence-corrected chi connectivity index (χ3v) is 6.06. The molecule has 0 unspecified atom stereocenters. The molecule has 0 radical (unpaired) electrons. The Hall–Kier alpha value is -1.62. The van der Waals surface area contributed by atoms with E-state index in [9.17, 15) is 0 Å². The molecule has 2 heterocycles. The Morgan fingerprint density at radius 1 is 1.12 bits per heavy atom. The van der Waals surface area contributed by atoms with Gasteiger partial charge >= 0.3 is 0 Å². The summed E-state index contributed by atoms with van der Waals surface area (Å²) in [7, 11) is 0. The molecular formula is C21H27BrN4. The van der Waals surface area contributed by atoms with E-state index in [0.29, 0.717) is 6.04 Å². The standard InChI is InChI=1S/C21H27BrN4/c1-2-18-13-20(25-21(23-18)24-19-6-4-3-5-7-19)26-11-10-15-12-17(22)9-8-16(15)14-26/h8-9,12-13,19H,2-7,10-11,14H2,1H3,(H,23,24,25). The van der Waals surface area contributed by atoms with Gasteiger partial charge in [-0.1, -0.05) is 48.2 Å². The summed E-state index contributed by atoms with van der Waals surface area (Å²) in [5.41, 5.74) is 3.97. The van der Waals surface area contributed by atoms with Gasteiger partial charge in [-0.25, -0.2) is 4.98 Å². The Morgan fingerprint density at radius 2 is 1.96 bits per heavy atom. The molecule has 1 saturated carbocycles. The van der Waals surface area contributed by atoms with Crippen LogP contribution in [0.5, 0.6) is 0 Å². The minimum absolute atomic E-state index is 0.531. The molecule has 2 aromatic rings. The maximum absolute atomic E-state index is 4.88. The molecule has 26 heavy (non-hydrogen) atoms. The van der Waals surface area contributed by atoms with Crippen LogP contribution in [0.25, 0.3) is 0 Å². The van der Waals surface area contributed by atoms with Gasteiger partial charge in [0, 0.05) is 35.4 Å². The highest BCUT2D eigenvalue weighted by Crippen LogP contribution is 2.27. The molecule has 0 bridgehead atoms. The van der Waals surface area contributed by atoms with Crippen LogP contribution < -0.4 is 10.2 Å². The van der Waals surface area contributed by atoms with E-state index in [4.69, 9.17) is 9.97 Å². The predicted octanol–water partition coefficient (Wildman–Crippen LogP) is 5.11. The van der Waals surface area contributed by atoms with Gasteiger partial charge in [0.15, 0.2) is 0 Å². The zero-order chi connectivity index (χ0) is 17.9. The molecule has 1 aliphatic carbocycles. The average Bonchev–Trinajstić information content (AvgIpc) is 2.68. The molecule has 1 fully saturated rings. The molecule has 0 amide bonds. The molecule has 1 aliphatic heterocycles. The summed E-state index contributed by atoms with van der Waals surface area (Å²) < 4.78 is 1.17. The fourth-order valence-corrected chi connectivity index (χ4v) is 4.45. The van der Waals surface area contributed by atoms with Crippen LogP contribution in [0.4, 0.5) is 11.8 Å². The zero-order valence-corrected chi connectivity index (χ0v) is 17.1. The number of rotatable bonds is 4. The van der Waals surface area contributed by atoms with Crippen molar-refractivity contribution in [2.75, 3.05) is 16.8 Å². The van der Waals surface area contributed by atoms with Gasteiger partial charge in [-0.2, -0.15) is 4.98 Å². The van der Waals surface area contributed by atoms with Crippen LogP contribution in [0.2, 0.25) is 0 Å². The van der Waals surface area contributed by atoms with Crippen molar-refractivity contribution in [3.8, 4) is 0 Å². The van der Waals surface area contributed by atoms with Crippen molar-refractivity contribution in [2.45, 2.75) is 64.5 Å². The molecule has 0 atom stereocenters. The average molecular weight is 415 g/mol. The van der Waals surface area contributed by atoms with Gasteiger partial charge in [-0.05, 0) is 48.9 Å². The van der Waals surface area contributed by atoms with Gasteiger partial charge in [0.1, 0.15) is 5.82 Å². The van der Waals surface area contributed by atoms with Crippen molar-refractivity contribution in [3.63, 3.8) is 0 Å². The molecule has 1 aromatic carbocycles. The second kappa shape index (κ2) is 7.95. The Balaban J connectivity index is 1.55. The van der Waals surface area contributed by atoms with Crippen LogP contribution in [0, 0.1) is 0 Å². The first-order valence-electron chi connectivity index (χ1n) is 9.88. The highest BCUT2D eigenvalue weighted by Gasteiger charge is 2.20. The zero-order valence-electron chi connectivity index (χ0n) is 15.5. The number of aromatic nitrogens is 2. The fourth-order valence-electron chi connectivity index (χ4n) is 4.04. The van der Waals surface area contributed by atoms with E-state index in [1.807, 2.05) is 0 Å². The molecule has 1 N–H and O–H groups in total. The molecule has 0 spiro atoms. The summed E-state index contributed by atoms with van der Waals surface area (Å²) in [5.74, 6) is 1.87. The number of hydrogen-bond acceptors (Lipinski definition) is 4. The van der Waals surface area contributed by atoms with Gasteiger partial charge in [0.05, 0.1) is 0 Å². The molecule has 4 nitrogen and oxygen atoms in total. The van der Waals surface area contributed by atoms with E-state index in [2.05, 4.69) is 57.3 Å². The SMILES string of the molecule is CCc1cc(N2CCc3cc(Br)ccc3C2)nc(NC2CCCCC2)n1. The maximum Gasteiger partial charge on any atom is 0.225 e. The van der Waals surface area contributed by atoms with E-state index in [-0.39, 0.29) is 0 Å². The first kappa shape index (κ1) is 17.8. The van der Waals surface area contributed by atoms with Gasteiger partial charge in [0.2, 0.25) is 5.95 Å². The Labute approximate surface area is 164 Å². The first-order valence-corrected chi connectivity index (χ1v) is 10.7. The fraction of sp³-hybridized carbons (Fsp3) is 0.524. The van der Waals surface area contributed by atoms with E-state index < -0.39 is 0 Å². The van der Waals surface area contributed by atoms with Gasteiger partial charge in [0.25, 0.3) is 0 Å². The predicted molar refractivity (Wildman–Crippen MR) is 111 cm³/mol. The van der Waals surface area contributed by atoms with E-state index in [1.54, 1.807) is 0 Å². The monoisotopic (exact) mass is 414 g/mol. The highest BCUT2D eigenvalue weighted by molar-refractivity contribution is 9.10. The lowest BCUT2D eigenvalue weighted by Gasteiger charge is -2.31. The van der Waals surface area contributed by atoms with Crippen molar-refractivity contribution in [1.82, 2.24) is 9.97 Å². The van der Waals surface area contributed by atoms with E-state index in [0.717, 1.165) is 43.4 Å². The van der Waals surface area contributed by atoms with Gasteiger partial charge < -0.3 is 10.2 Å². The summed E-state index contributed by atoms with van der Waals surface area (Å²) in [5, 5.41) is 3.61. The minimum atomic E-state index is 0.531. The largest absolute Gasteiger partial charge is 0.352 e. The van der Waals surface area contributed by atoms with Crippen molar-refractivity contribution < 1.29 is 0 Å². The molecule has 2 aliphatic rings. The molecule has 1 aromatic heterocycles.